The van der Waals surface area contributed by atoms with Gasteiger partial charge in [0.1, 0.15) is 12.3 Å². The number of hydrogen-bond donors (Lipinski definition) is 1. The number of methoxy groups -OCH3 is 1. The van der Waals surface area contributed by atoms with Gasteiger partial charge in [-0.2, -0.15) is 0 Å². The third kappa shape index (κ3) is 3.71. The minimum Gasteiger partial charge on any atom is -0.496 e. The van der Waals surface area contributed by atoms with Gasteiger partial charge in [0.15, 0.2) is 0 Å². The number of carbonyl (C=O) groups is 1. The van der Waals surface area contributed by atoms with Crippen molar-refractivity contribution in [2.45, 2.75) is 6.54 Å². The molecule has 0 bridgehead atoms. The molecule has 1 saturated heterocycles. The number of benzene rings is 2. The third-order valence-electron chi connectivity index (χ3n) is 4.49. The zero-order valence-electron chi connectivity index (χ0n) is 13.8. The molecule has 1 fully saturated rings. The van der Waals surface area contributed by atoms with Crippen LogP contribution in [0.1, 0.15) is 15.9 Å². The number of rotatable bonds is 4. The van der Waals surface area contributed by atoms with Crippen LogP contribution in [-0.4, -0.2) is 44.1 Å². The van der Waals surface area contributed by atoms with Crippen molar-refractivity contribution in [3.63, 3.8) is 0 Å². The Labute approximate surface area is 147 Å². The van der Waals surface area contributed by atoms with Crippen LogP contribution in [0, 0.1) is 0 Å². The van der Waals surface area contributed by atoms with Crippen LogP contribution in [0.2, 0.25) is 5.02 Å². The SMILES string of the molecule is COc1ccccc1C(=O)N1CC[NH+](Cc2ccccc2Cl)CC1. The van der Waals surface area contributed by atoms with Crippen molar-refractivity contribution >= 4 is 17.5 Å². The summed E-state index contributed by atoms with van der Waals surface area (Å²) in [5, 5.41) is 0.817. The lowest BCUT2D eigenvalue weighted by Crippen LogP contribution is -3.13. The maximum Gasteiger partial charge on any atom is 0.258 e. The topological polar surface area (TPSA) is 34.0 Å². The van der Waals surface area contributed by atoms with E-state index < -0.39 is 0 Å². The molecule has 0 saturated carbocycles. The summed E-state index contributed by atoms with van der Waals surface area (Å²) in [7, 11) is 1.60. The lowest BCUT2D eigenvalue weighted by Gasteiger charge is -2.32. The van der Waals surface area contributed by atoms with Gasteiger partial charge in [-0.25, -0.2) is 0 Å². The molecule has 2 aromatic carbocycles. The maximum absolute atomic E-state index is 12.7. The van der Waals surface area contributed by atoms with Crippen molar-refractivity contribution in [1.29, 1.82) is 0 Å². The number of nitrogens with one attached hydrogen (secondary N) is 1. The monoisotopic (exact) mass is 345 g/mol. The van der Waals surface area contributed by atoms with E-state index in [1.807, 2.05) is 47.4 Å². The molecule has 1 amide bonds. The second-order valence-corrected chi connectivity index (χ2v) is 6.42. The molecule has 24 heavy (non-hydrogen) atoms. The zero-order chi connectivity index (χ0) is 16.9. The highest BCUT2D eigenvalue weighted by molar-refractivity contribution is 6.31. The molecule has 126 valence electrons. The average molecular weight is 346 g/mol. The van der Waals surface area contributed by atoms with Crippen LogP contribution in [0.4, 0.5) is 0 Å². The molecule has 1 heterocycles. The summed E-state index contributed by atoms with van der Waals surface area (Å²) in [5.74, 6) is 0.678. The van der Waals surface area contributed by atoms with Crippen LogP contribution in [0.3, 0.4) is 0 Å². The van der Waals surface area contributed by atoms with Gasteiger partial charge in [0.05, 0.1) is 38.9 Å². The number of carbonyl (C=O) groups excluding carboxylic acids is 1. The lowest BCUT2D eigenvalue weighted by molar-refractivity contribution is -0.917. The van der Waals surface area contributed by atoms with E-state index in [1.165, 1.54) is 10.5 Å². The van der Waals surface area contributed by atoms with Gasteiger partial charge in [-0.05, 0) is 18.2 Å². The molecule has 0 atom stereocenters. The van der Waals surface area contributed by atoms with E-state index in [9.17, 15) is 4.79 Å². The average Bonchev–Trinajstić information content (AvgIpc) is 2.63. The number of para-hydroxylation sites is 1. The van der Waals surface area contributed by atoms with Gasteiger partial charge in [-0.15, -0.1) is 0 Å². The van der Waals surface area contributed by atoms with Crippen molar-refractivity contribution in [3.8, 4) is 5.75 Å². The summed E-state index contributed by atoms with van der Waals surface area (Å²) in [6.07, 6.45) is 0. The van der Waals surface area contributed by atoms with E-state index in [0.29, 0.717) is 11.3 Å². The summed E-state index contributed by atoms with van der Waals surface area (Å²) in [6, 6.07) is 15.4. The minimum absolute atomic E-state index is 0.0456. The molecule has 1 N–H and O–H groups in total. The highest BCUT2D eigenvalue weighted by atomic mass is 35.5. The minimum atomic E-state index is 0.0456. The lowest BCUT2D eigenvalue weighted by atomic mass is 10.1. The number of quaternary nitrogens is 1. The van der Waals surface area contributed by atoms with Crippen LogP contribution < -0.4 is 9.64 Å². The first-order valence-electron chi connectivity index (χ1n) is 8.18. The smallest absolute Gasteiger partial charge is 0.258 e. The molecule has 2 aromatic rings. The Bertz CT molecular complexity index is 712. The number of hydrogen-bond acceptors (Lipinski definition) is 2. The van der Waals surface area contributed by atoms with Gasteiger partial charge < -0.3 is 14.5 Å². The Kier molecular flexibility index (Phi) is 5.38. The Balaban J connectivity index is 1.61. The Morgan fingerprint density at radius 1 is 1.12 bits per heavy atom. The molecule has 0 aliphatic carbocycles. The largest absolute Gasteiger partial charge is 0.496 e. The Morgan fingerprint density at radius 3 is 2.50 bits per heavy atom. The normalized spacial score (nSPS) is 15.3. The third-order valence-corrected chi connectivity index (χ3v) is 4.86. The van der Waals surface area contributed by atoms with E-state index in [-0.39, 0.29) is 5.91 Å². The fraction of sp³-hybridized carbons (Fsp3) is 0.316. The molecule has 1 aliphatic rings. The second kappa shape index (κ2) is 7.69. The van der Waals surface area contributed by atoms with Crippen molar-refractivity contribution in [1.82, 2.24) is 4.90 Å². The van der Waals surface area contributed by atoms with Gasteiger partial charge in [0, 0.05) is 10.6 Å². The maximum atomic E-state index is 12.7. The van der Waals surface area contributed by atoms with E-state index in [0.717, 1.165) is 37.7 Å². The number of halogens is 1. The van der Waals surface area contributed by atoms with Gasteiger partial charge in [-0.1, -0.05) is 41.9 Å². The summed E-state index contributed by atoms with van der Waals surface area (Å²) >= 11 is 6.24. The molecular weight excluding hydrogens is 324 g/mol. The second-order valence-electron chi connectivity index (χ2n) is 6.01. The van der Waals surface area contributed by atoms with Crippen molar-refractivity contribution in [3.05, 3.63) is 64.7 Å². The number of nitrogens with zero attached hydrogens (tertiary/aromatic N) is 1. The van der Waals surface area contributed by atoms with E-state index in [1.54, 1.807) is 7.11 Å². The van der Waals surface area contributed by atoms with Gasteiger partial charge in [0.2, 0.25) is 0 Å². The molecule has 0 aromatic heterocycles. The summed E-state index contributed by atoms with van der Waals surface area (Å²) in [5.41, 5.74) is 1.80. The molecule has 5 heteroatoms. The molecular formula is C19H22ClN2O2+. The summed E-state index contributed by atoms with van der Waals surface area (Å²) < 4.78 is 5.30. The van der Waals surface area contributed by atoms with E-state index in [4.69, 9.17) is 16.3 Å². The standard InChI is InChI=1S/C19H21ClN2O2/c1-24-18-9-5-3-7-16(18)19(23)22-12-10-21(11-13-22)14-15-6-2-4-8-17(15)20/h2-9H,10-14H2,1H3/p+1. The zero-order valence-corrected chi connectivity index (χ0v) is 14.6. The fourth-order valence-corrected chi connectivity index (χ4v) is 3.31. The van der Waals surface area contributed by atoms with Crippen molar-refractivity contribution < 1.29 is 14.4 Å². The van der Waals surface area contributed by atoms with Crippen molar-refractivity contribution in [2.75, 3.05) is 33.3 Å². The Morgan fingerprint density at radius 2 is 1.79 bits per heavy atom. The quantitative estimate of drug-likeness (QED) is 0.918. The summed E-state index contributed by atoms with van der Waals surface area (Å²) in [4.78, 5) is 16.1. The first kappa shape index (κ1) is 16.8. The van der Waals surface area contributed by atoms with Crippen LogP contribution >= 0.6 is 11.6 Å². The Hall–Kier alpha value is -2.04. The van der Waals surface area contributed by atoms with Crippen LogP contribution in [0.25, 0.3) is 0 Å². The van der Waals surface area contributed by atoms with E-state index >= 15 is 0 Å². The molecule has 0 radical (unpaired) electrons. The number of piperazine rings is 1. The predicted molar refractivity (Wildman–Crippen MR) is 94.8 cm³/mol. The van der Waals surface area contributed by atoms with Gasteiger partial charge in [0.25, 0.3) is 5.91 Å². The molecule has 1 aliphatic heterocycles. The molecule has 0 unspecified atom stereocenters. The molecule has 0 spiro atoms. The van der Waals surface area contributed by atoms with Crippen molar-refractivity contribution in [2.24, 2.45) is 0 Å². The molecule has 3 rings (SSSR count). The van der Waals surface area contributed by atoms with Crippen LogP contribution in [0.15, 0.2) is 48.5 Å². The van der Waals surface area contributed by atoms with Crippen LogP contribution in [-0.2, 0) is 6.54 Å². The number of ether oxygens (including phenoxy) is 1. The van der Waals surface area contributed by atoms with Crippen LogP contribution in [0.5, 0.6) is 5.75 Å². The number of amides is 1. The van der Waals surface area contributed by atoms with Gasteiger partial charge in [-0.3, -0.25) is 4.79 Å². The predicted octanol–water partition coefficient (Wildman–Crippen LogP) is 1.89. The highest BCUT2D eigenvalue weighted by Gasteiger charge is 2.26. The fourth-order valence-electron chi connectivity index (χ4n) is 3.11. The van der Waals surface area contributed by atoms with E-state index in [2.05, 4.69) is 6.07 Å². The first-order valence-corrected chi connectivity index (χ1v) is 8.56. The summed E-state index contributed by atoms with van der Waals surface area (Å²) in [6.45, 7) is 4.24. The molecule has 4 nitrogen and oxygen atoms in total. The highest BCUT2D eigenvalue weighted by Crippen LogP contribution is 2.19. The first-order chi connectivity index (χ1) is 11.7. The van der Waals surface area contributed by atoms with Gasteiger partial charge >= 0.3 is 0 Å².